The van der Waals surface area contributed by atoms with Gasteiger partial charge in [-0.1, -0.05) is 0 Å². The average molecular weight is 250 g/mol. The number of hydrogen-bond donors (Lipinski definition) is 2. The van der Waals surface area contributed by atoms with Crippen molar-refractivity contribution in [3.05, 3.63) is 23.3 Å². The highest BCUT2D eigenvalue weighted by molar-refractivity contribution is 5.48. The first kappa shape index (κ1) is 13.2. The van der Waals surface area contributed by atoms with E-state index >= 15 is 0 Å². The molecule has 2 rings (SSSR count). The van der Waals surface area contributed by atoms with Crippen molar-refractivity contribution in [2.24, 2.45) is 17.4 Å². The van der Waals surface area contributed by atoms with Gasteiger partial charge in [-0.15, -0.1) is 0 Å². The number of ether oxygens (including phenoxy) is 2. The molecule has 1 unspecified atom stereocenters. The van der Waals surface area contributed by atoms with Crippen LogP contribution in [0.5, 0.6) is 11.5 Å². The maximum absolute atomic E-state index is 6.35. The summed E-state index contributed by atoms with van der Waals surface area (Å²) in [5, 5.41) is 0. The van der Waals surface area contributed by atoms with Crippen LogP contribution in [0.15, 0.2) is 12.1 Å². The SMILES string of the molecule is COc1cc(C)c(C(N)C2CC(N)C2)c(OC)c1. The van der Waals surface area contributed by atoms with Crippen molar-refractivity contribution in [2.75, 3.05) is 14.2 Å². The van der Waals surface area contributed by atoms with Crippen molar-refractivity contribution in [1.29, 1.82) is 0 Å². The standard InChI is InChI=1S/C14H22N2O2/c1-8-4-11(17-2)7-12(18-3)13(8)14(16)9-5-10(15)6-9/h4,7,9-10,14H,5-6,15-16H2,1-3H3. The van der Waals surface area contributed by atoms with E-state index in [0.29, 0.717) is 12.0 Å². The Bertz CT molecular complexity index is 428. The second-order valence-corrected chi connectivity index (χ2v) is 5.08. The molecule has 4 nitrogen and oxygen atoms in total. The van der Waals surface area contributed by atoms with Crippen molar-refractivity contribution in [1.82, 2.24) is 0 Å². The number of rotatable bonds is 4. The molecule has 100 valence electrons. The van der Waals surface area contributed by atoms with E-state index < -0.39 is 0 Å². The van der Waals surface area contributed by atoms with Crippen LogP contribution < -0.4 is 20.9 Å². The molecule has 0 aliphatic heterocycles. The highest BCUT2D eigenvalue weighted by atomic mass is 16.5. The fourth-order valence-corrected chi connectivity index (χ4v) is 2.69. The molecule has 0 heterocycles. The molecule has 4 N–H and O–H groups in total. The summed E-state index contributed by atoms with van der Waals surface area (Å²) in [6.07, 6.45) is 1.99. The Hall–Kier alpha value is -1.26. The Morgan fingerprint density at radius 1 is 1.22 bits per heavy atom. The third kappa shape index (κ3) is 2.31. The molecule has 0 bridgehead atoms. The molecule has 0 spiro atoms. The molecule has 0 aromatic heterocycles. The van der Waals surface area contributed by atoms with Gasteiger partial charge in [0.05, 0.1) is 14.2 Å². The summed E-state index contributed by atoms with van der Waals surface area (Å²) in [6, 6.07) is 4.19. The number of methoxy groups -OCH3 is 2. The zero-order chi connectivity index (χ0) is 13.3. The predicted molar refractivity (Wildman–Crippen MR) is 71.9 cm³/mol. The van der Waals surface area contributed by atoms with Crippen molar-refractivity contribution in [2.45, 2.75) is 31.8 Å². The van der Waals surface area contributed by atoms with E-state index in [-0.39, 0.29) is 6.04 Å². The van der Waals surface area contributed by atoms with Gasteiger partial charge in [-0.2, -0.15) is 0 Å². The van der Waals surface area contributed by atoms with Crippen LogP contribution in [0.4, 0.5) is 0 Å². The molecule has 1 aliphatic rings. The van der Waals surface area contributed by atoms with Crippen molar-refractivity contribution >= 4 is 0 Å². The zero-order valence-electron chi connectivity index (χ0n) is 11.3. The highest BCUT2D eigenvalue weighted by Gasteiger charge is 2.33. The maximum atomic E-state index is 6.35. The average Bonchev–Trinajstić information content (AvgIpc) is 2.33. The van der Waals surface area contributed by atoms with Crippen LogP contribution in [0.2, 0.25) is 0 Å². The molecule has 4 heteroatoms. The van der Waals surface area contributed by atoms with Crippen molar-refractivity contribution in [3.63, 3.8) is 0 Å². The minimum Gasteiger partial charge on any atom is -0.497 e. The summed E-state index contributed by atoms with van der Waals surface area (Å²) < 4.78 is 10.7. The molecular weight excluding hydrogens is 228 g/mol. The van der Waals surface area contributed by atoms with E-state index in [0.717, 1.165) is 35.5 Å². The second-order valence-electron chi connectivity index (χ2n) is 5.08. The first-order chi connectivity index (χ1) is 8.56. The summed E-state index contributed by atoms with van der Waals surface area (Å²) in [6.45, 7) is 2.04. The summed E-state index contributed by atoms with van der Waals surface area (Å²) in [5.74, 6) is 2.06. The third-order valence-electron chi connectivity index (χ3n) is 3.83. The van der Waals surface area contributed by atoms with E-state index in [9.17, 15) is 0 Å². The highest BCUT2D eigenvalue weighted by Crippen LogP contribution is 2.41. The van der Waals surface area contributed by atoms with Crippen LogP contribution in [0.25, 0.3) is 0 Å². The summed E-state index contributed by atoms with van der Waals surface area (Å²) >= 11 is 0. The van der Waals surface area contributed by atoms with Gasteiger partial charge in [0.2, 0.25) is 0 Å². The molecule has 0 radical (unpaired) electrons. The number of nitrogens with two attached hydrogens (primary N) is 2. The predicted octanol–water partition coefficient (Wildman–Crippen LogP) is 1.75. The van der Waals surface area contributed by atoms with Crippen LogP contribution in [0, 0.1) is 12.8 Å². The quantitative estimate of drug-likeness (QED) is 0.854. The van der Waals surface area contributed by atoms with Crippen molar-refractivity contribution < 1.29 is 9.47 Å². The fourth-order valence-electron chi connectivity index (χ4n) is 2.69. The van der Waals surface area contributed by atoms with E-state index in [2.05, 4.69) is 0 Å². The summed E-state index contributed by atoms with van der Waals surface area (Å²) in [4.78, 5) is 0. The van der Waals surface area contributed by atoms with E-state index in [1.54, 1.807) is 14.2 Å². The first-order valence-electron chi connectivity index (χ1n) is 6.30. The number of benzene rings is 1. The van der Waals surface area contributed by atoms with Crippen LogP contribution in [0.3, 0.4) is 0 Å². The largest absolute Gasteiger partial charge is 0.497 e. The topological polar surface area (TPSA) is 70.5 Å². The Morgan fingerprint density at radius 3 is 2.39 bits per heavy atom. The molecule has 1 aliphatic carbocycles. The lowest BCUT2D eigenvalue weighted by Gasteiger charge is -2.37. The van der Waals surface area contributed by atoms with Gasteiger partial charge in [0, 0.05) is 23.7 Å². The van der Waals surface area contributed by atoms with Gasteiger partial charge >= 0.3 is 0 Å². The van der Waals surface area contributed by atoms with Gasteiger partial charge in [0.15, 0.2) is 0 Å². The van der Waals surface area contributed by atoms with Gasteiger partial charge in [0.25, 0.3) is 0 Å². The lowest BCUT2D eigenvalue weighted by atomic mass is 9.73. The Morgan fingerprint density at radius 2 is 1.89 bits per heavy atom. The minimum atomic E-state index is -0.00865. The van der Waals surface area contributed by atoms with Crippen molar-refractivity contribution in [3.8, 4) is 11.5 Å². The monoisotopic (exact) mass is 250 g/mol. The molecule has 1 saturated carbocycles. The Kier molecular flexibility index (Phi) is 3.78. The van der Waals surface area contributed by atoms with E-state index in [1.807, 2.05) is 19.1 Å². The molecular formula is C14H22N2O2. The summed E-state index contributed by atoms with van der Waals surface area (Å²) in [5.41, 5.74) is 14.4. The Balaban J connectivity index is 2.31. The van der Waals surface area contributed by atoms with E-state index in [1.165, 1.54) is 0 Å². The van der Waals surface area contributed by atoms with Crippen LogP contribution >= 0.6 is 0 Å². The Labute approximate surface area is 108 Å². The minimum absolute atomic E-state index is 0.00865. The number of aryl methyl sites for hydroxylation is 1. The normalized spacial score (nSPS) is 24.3. The van der Waals surface area contributed by atoms with Crippen LogP contribution in [-0.4, -0.2) is 20.3 Å². The number of hydrogen-bond acceptors (Lipinski definition) is 4. The van der Waals surface area contributed by atoms with Gasteiger partial charge in [-0.25, -0.2) is 0 Å². The van der Waals surface area contributed by atoms with Gasteiger partial charge < -0.3 is 20.9 Å². The second kappa shape index (κ2) is 5.16. The fraction of sp³-hybridized carbons (Fsp3) is 0.571. The van der Waals surface area contributed by atoms with Gasteiger partial charge in [0.1, 0.15) is 11.5 Å². The van der Waals surface area contributed by atoms with Crippen LogP contribution in [0.1, 0.15) is 30.0 Å². The molecule has 1 atom stereocenters. The zero-order valence-corrected chi connectivity index (χ0v) is 11.3. The van der Waals surface area contributed by atoms with Gasteiger partial charge in [-0.3, -0.25) is 0 Å². The molecule has 18 heavy (non-hydrogen) atoms. The lowest BCUT2D eigenvalue weighted by molar-refractivity contribution is 0.220. The molecule has 1 aromatic carbocycles. The third-order valence-corrected chi connectivity index (χ3v) is 3.83. The molecule has 0 saturated heterocycles. The molecule has 1 aromatic rings. The lowest BCUT2D eigenvalue weighted by Crippen LogP contribution is -2.42. The smallest absolute Gasteiger partial charge is 0.127 e. The van der Waals surface area contributed by atoms with Gasteiger partial charge in [-0.05, 0) is 37.3 Å². The van der Waals surface area contributed by atoms with Crippen LogP contribution in [-0.2, 0) is 0 Å². The van der Waals surface area contributed by atoms with E-state index in [4.69, 9.17) is 20.9 Å². The maximum Gasteiger partial charge on any atom is 0.127 e. The molecule has 0 amide bonds. The summed E-state index contributed by atoms with van der Waals surface area (Å²) in [7, 11) is 3.32. The first-order valence-corrected chi connectivity index (χ1v) is 6.30. The molecule has 1 fully saturated rings.